The van der Waals surface area contributed by atoms with Gasteiger partial charge in [-0.05, 0) is 18.2 Å². The molecule has 0 bridgehead atoms. The lowest BCUT2D eigenvalue weighted by Crippen LogP contribution is -2.48. The normalized spacial score (nSPS) is 13.3. The van der Waals surface area contributed by atoms with Gasteiger partial charge in [-0.2, -0.15) is 5.01 Å². The fourth-order valence-electron chi connectivity index (χ4n) is 5.57. The van der Waals surface area contributed by atoms with Crippen molar-refractivity contribution in [2.45, 2.75) is 6.54 Å². The molecule has 11 nitrogen and oxygen atoms in total. The number of methoxy groups -OCH3 is 2. The smallest absolute Gasteiger partial charge is 0.433 e. The Hall–Kier alpha value is -5.55. The van der Waals surface area contributed by atoms with E-state index in [1.54, 1.807) is 37.6 Å². The van der Waals surface area contributed by atoms with Crippen LogP contribution in [0.2, 0.25) is 0 Å². The van der Waals surface area contributed by atoms with Crippen molar-refractivity contribution in [3.05, 3.63) is 109 Å². The lowest BCUT2D eigenvalue weighted by molar-refractivity contribution is 0.0940. The summed E-state index contributed by atoms with van der Waals surface area (Å²) in [6.45, 7) is 3.31. The van der Waals surface area contributed by atoms with E-state index >= 15 is 0 Å². The Balaban J connectivity index is 1.40. The van der Waals surface area contributed by atoms with E-state index < -0.39 is 12.0 Å². The molecule has 1 N–H and O–H groups in total. The maximum atomic E-state index is 14.4. The lowest BCUT2D eigenvalue weighted by Gasteiger charge is -2.36. The fourth-order valence-corrected chi connectivity index (χ4v) is 5.57. The van der Waals surface area contributed by atoms with Gasteiger partial charge in [-0.25, -0.2) is 19.7 Å². The second-order valence-electron chi connectivity index (χ2n) is 10.5. The van der Waals surface area contributed by atoms with Gasteiger partial charge < -0.3 is 14.4 Å². The number of hydrogen-bond acceptors (Lipinski definition) is 9. The molecule has 0 radical (unpaired) electrons. The van der Waals surface area contributed by atoms with Crippen molar-refractivity contribution in [2.75, 3.05) is 50.3 Å². The molecule has 3 heterocycles. The molecule has 0 aliphatic carbocycles. The summed E-state index contributed by atoms with van der Waals surface area (Å²) >= 11 is 0. The third-order valence-electron chi connectivity index (χ3n) is 7.78. The number of hydrogen-bond donors (Lipinski definition) is 1. The lowest BCUT2D eigenvalue weighted by atomic mass is 9.95. The highest BCUT2D eigenvalue weighted by Crippen LogP contribution is 2.33. The summed E-state index contributed by atoms with van der Waals surface area (Å²) < 4.78 is 10.5. The van der Waals surface area contributed by atoms with Gasteiger partial charge in [0.2, 0.25) is 0 Å². The highest BCUT2D eigenvalue weighted by atomic mass is 16.5. The van der Waals surface area contributed by atoms with Gasteiger partial charge in [-0.3, -0.25) is 15.1 Å². The molecule has 45 heavy (non-hydrogen) atoms. The SMILES string of the molecule is COC(=O)N(NC(=O)c1c(CN2CCN(c3ncncc3OC)CC2)c(-c2ccccc2)nc2ccccc12)c1ccccc1. The summed E-state index contributed by atoms with van der Waals surface area (Å²) in [6.07, 6.45) is 2.48. The third kappa shape index (κ3) is 6.24. The quantitative estimate of drug-likeness (QED) is 0.259. The number of piperazine rings is 1. The van der Waals surface area contributed by atoms with Crippen LogP contribution in [0.4, 0.5) is 16.3 Å². The maximum Gasteiger partial charge on any atom is 0.433 e. The van der Waals surface area contributed by atoms with Gasteiger partial charge in [0, 0.05) is 49.2 Å². The predicted octanol–water partition coefficient (Wildman–Crippen LogP) is 4.94. The fraction of sp³-hybridized carbons (Fsp3) is 0.206. The van der Waals surface area contributed by atoms with Gasteiger partial charge in [0.1, 0.15) is 6.33 Å². The van der Waals surface area contributed by atoms with Gasteiger partial charge >= 0.3 is 6.09 Å². The molecule has 2 amide bonds. The number of fused-ring (bicyclic) bond motifs is 1. The van der Waals surface area contributed by atoms with E-state index in [0.29, 0.717) is 66.3 Å². The summed E-state index contributed by atoms with van der Waals surface area (Å²) in [7, 11) is 2.89. The molecule has 1 aliphatic rings. The molecule has 0 saturated carbocycles. The van der Waals surface area contributed by atoms with Crippen molar-refractivity contribution >= 4 is 34.4 Å². The number of amides is 2. The first kappa shape index (κ1) is 29.5. The number of pyridine rings is 1. The molecule has 11 heteroatoms. The van der Waals surface area contributed by atoms with Crippen molar-refractivity contribution in [3.63, 3.8) is 0 Å². The molecule has 0 atom stereocenters. The van der Waals surface area contributed by atoms with E-state index in [0.717, 1.165) is 22.0 Å². The molecule has 1 saturated heterocycles. The van der Waals surface area contributed by atoms with Crippen molar-refractivity contribution in [3.8, 4) is 17.0 Å². The number of para-hydroxylation sites is 2. The van der Waals surface area contributed by atoms with Crippen LogP contribution < -0.4 is 20.1 Å². The summed E-state index contributed by atoms with van der Waals surface area (Å²) in [4.78, 5) is 45.3. The standard InChI is InChI=1S/C34H33N7O4/c1-44-29-21-35-23-36-32(29)40-19-17-39(18-20-40)22-27-30(33(42)38-41(34(43)45-2)25-13-7-4-8-14-25)26-15-9-10-16-28(26)37-31(27)24-11-5-3-6-12-24/h3-16,21,23H,17-20,22H2,1-2H3,(H,38,42). The molecule has 0 spiro atoms. The maximum absolute atomic E-state index is 14.4. The second kappa shape index (κ2) is 13.4. The molecule has 2 aromatic heterocycles. The first-order valence-corrected chi connectivity index (χ1v) is 14.6. The average Bonchev–Trinajstić information content (AvgIpc) is 3.11. The van der Waals surface area contributed by atoms with Crippen molar-refractivity contribution in [2.24, 2.45) is 0 Å². The van der Waals surface area contributed by atoms with Crippen LogP contribution in [0.5, 0.6) is 5.75 Å². The highest BCUT2D eigenvalue weighted by Gasteiger charge is 2.28. The van der Waals surface area contributed by atoms with Crippen LogP contribution in [0.15, 0.2) is 97.5 Å². The van der Waals surface area contributed by atoms with E-state index in [1.165, 1.54) is 13.4 Å². The third-order valence-corrected chi connectivity index (χ3v) is 7.78. The Kier molecular flexibility index (Phi) is 8.79. The molecule has 6 rings (SSSR count). The number of rotatable bonds is 7. The minimum atomic E-state index is -0.714. The summed E-state index contributed by atoms with van der Waals surface area (Å²) in [5, 5.41) is 1.81. The number of ether oxygens (including phenoxy) is 2. The number of nitrogens with one attached hydrogen (secondary N) is 1. The van der Waals surface area contributed by atoms with Gasteiger partial charge in [0.15, 0.2) is 11.6 Å². The summed E-state index contributed by atoms with van der Waals surface area (Å²) in [6, 6.07) is 26.3. The topological polar surface area (TPSA) is 113 Å². The summed E-state index contributed by atoms with van der Waals surface area (Å²) in [5.41, 5.74) is 6.79. The zero-order chi connectivity index (χ0) is 31.2. The first-order chi connectivity index (χ1) is 22.1. The number of hydrazine groups is 1. The minimum absolute atomic E-state index is 0.445. The number of benzene rings is 3. The summed E-state index contributed by atoms with van der Waals surface area (Å²) in [5.74, 6) is 0.941. The van der Waals surface area contributed by atoms with Crippen LogP contribution in [0.1, 0.15) is 15.9 Å². The van der Waals surface area contributed by atoms with Crippen LogP contribution in [0.3, 0.4) is 0 Å². The Morgan fingerprint density at radius 2 is 1.58 bits per heavy atom. The zero-order valence-corrected chi connectivity index (χ0v) is 25.1. The van der Waals surface area contributed by atoms with E-state index in [9.17, 15) is 9.59 Å². The van der Waals surface area contributed by atoms with Crippen molar-refractivity contribution in [1.29, 1.82) is 0 Å². The number of carbonyl (C=O) groups is 2. The van der Waals surface area contributed by atoms with Gasteiger partial charge in [0.25, 0.3) is 5.91 Å². The molecule has 1 fully saturated rings. The van der Waals surface area contributed by atoms with Crippen molar-refractivity contribution < 1.29 is 19.1 Å². The average molecular weight is 604 g/mol. The molecule has 228 valence electrons. The molecule has 0 unspecified atom stereocenters. The monoisotopic (exact) mass is 603 g/mol. The number of carbonyl (C=O) groups excluding carboxylic acids is 2. The molecule has 5 aromatic rings. The zero-order valence-electron chi connectivity index (χ0n) is 25.1. The van der Waals surface area contributed by atoms with Gasteiger partial charge in [-0.15, -0.1) is 0 Å². The number of nitrogens with zero attached hydrogens (tertiary/aromatic N) is 6. The first-order valence-electron chi connectivity index (χ1n) is 14.6. The highest BCUT2D eigenvalue weighted by molar-refractivity contribution is 6.10. The molecule has 3 aromatic carbocycles. The molecular formula is C34H33N7O4. The second-order valence-corrected chi connectivity index (χ2v) is 10.5. The van der Waals surface area contributed by atoms with Gasteiger partial charge in [0.05, 0.1) is 42.9 Å². The van der Waals surface area contributed by atoms with Crippen LogP contribution in [-0.2, 0) is 11.3 Å². The van der Waals surface area contributed by atoms with Crippen LogP contribution >= 0.6 is 0 Å². The van der Waals surface area contributed by atoms with Crippen LogP contribution in [0, 0.1) is 0 Å². The molecule has 1 aliphatic heterocycles. The van der Waals surface area contributed by atoms with E-state index in [-0.39, 0.29) is 0 Å². The van der Waals surface area contributed by atoms with E-state index in [1.807, 2.05) is 60.7 Å². The number of anilines is 2. The van der Waals surface area contributed by atoms with E-state index in [2.05, 4.69) is 25.2 Å². The van der Waals surface area contributed by atoms with Crippen LogP contribution in [-0.4, -0.2) is 72.3 Å². The Morgan fingerprint density at radius 3 is 2.29 bits per heavy atom. The Labute approximate surface area is 261 Å². The predicted molar refractivity (Wildman–Crippen MR) is 172 cm³/mol. The van der Waals surface area contributed by atoms with Crippen LogP contribution in [0.25, 0.3) is 22.2 Å². The van der Waals surface area contributed by atoms with Gasteiger partial charge in [-0.1, -0.05) is 66.7 Å². The largest absolute Gasteiger partial charge is 0.491 e. The minimum Gasteiger partial charge on any atom is -0.491 e. The number of aromatic nitrogens is 3. The molecular weight excluding hydrogens is 570 g/mol. The Bertz CT molecular complexity index is 1800. The van der Waals surface area contributed by atoms with Crippen molar-refractivity contribution in [1.82, 2.24) is 25.3 Å². The van der Waals surface area contributed by atoms with E-state index in [4.69, 9.17) is 14.5 Å². The Morgan fingerprint density at radius 1 is 0.889 bits per heavy atom.